The van der Waals surface area contributed by atoms with E-state index in [1.807, 2.05) is 11.3 Å². The van der Waals surface area contributed by atoms with Crippen LogP contribution in [-0.2, 0) is 5.41 Å². The Labute approximate surface area is 215 Å². The largest absolute Gasteiger partial charge is 0.135 e. The van der Waals surface area contributed by atoms with E-state index in [4.69, 9.17) is 0 Å². The fourth-order valence-electron chi connectivity index (χ4n) is 6.40. The van der Waals surface area contributed by atoms with Gasteiger partial charge in [-0.1, -0.05) is 107 Å². The SMILES string of the molecule is Brc1cc2c3c(ccc4cccc(c43)C2(c2ccccc2)c2ccc3c(c2)sc2ccccc23)c1. The van der Waals surface area contributed by atoms with Gasteiger partial charge in [0.15, 0.2) is 0 Å². The maximum atomic E-state index is 3.85. The Balaban J connectivity index is 1.58. The van der Waals surface area contributed by atoms with Crippen LogP contribution < -0.4 is 0 Å². The lowest BCUT2D eigenvalue weighted by molar-refractivity contribution is 0.772. The van der Waals surface area contributed by atoms with E-state index >= 15 is 0 Å². The summed E-state index contributed by atoms with van der Waals surface area (Å²) >= 11 is 5.74. The van der Waals surface area contributed by atoms with Gasteiger partial charge in [0.1, 0.15) is 0 Å². The first-order valence-electron chi connectivity index (χ1n) is 11.9. The van der Waals surface area contributed by atoms with Crippen molar-refractivity contribution < 1.29 is 0 Å². The average molecular weight is 527 g/mol. The molecule has 0 radical (unpaired) electrons. The molecule has 2 heteroatoms. The van der Waals surface area contributed by atoms with Crippen molar-refractivity contribution in [2.45, 2.75) is 5.41 Å². The average Bonchev–Trinajstić information content (AvgIpc) is 3.41. The minimum atomic E-state index is -0.378. The highest BCUT2D eigenvalue weighted by molar-refractivity contribution is 9.10. The second-order valence-corrected chi connectivity index (χ2v) is 11.4. The van der Waals surface area contributed by atoms with Gasteiger partial charge in [-0.15, -0.1) is 11.3 Å². The van der Waals surface area contributed by atoms with Crippen LogP contribution in [0.3, 0.4) is 0 Å². The van der Waals surface area contributed by atoms with Crippen LogP contribution in [0, 0.1) is 0 Å². The van der Waals surface area contributed by atoms with Crippen molar-refractivity contribution in [2.24, 2.45) is 0 Å². The van der Waals surface area contributed by atoms with E-state index in [0.29, 0.717) is 0 Å². The molecule has 1 unspecified atom stereocenters. The summed E-state index contributed by atoms with van der Waals surface area (Å²) < 4.78 is 3.80. The molecule has 0 nitrogen and oxygen atoms in total. The third kappa shape index (κ3) is 2.51. The van der Waals surface area contributed by atoms with Gasteiger partial charge in [-0.2, -0.15) is 0 Å². The molecule has 0 fully saturated rings. The molecule has 7 aromatic rings. The molecule has 1 atom stereocenters. The third-order valence-corrected chi connectivity index (χ3v) is 9.34. The van der Waals surface area contributed by atoms with Gasteiger partial charge < -0.3 is 0 Å². The van der Waals surface area contributed by atoms with Crippen molar-refractivity contribution >= 4 is 69.0 Å². The number of benzene rings is 6. The first-order chi connectivity index (χ1) is 17.2. The van der Waals surface area contributed by atoms with Crippen LogP contribution in [0.1, 0.15) is 22.3 Å². The van der Waals surface area contributed by atoms with Crippen LogP contribution in [0.2, 0.25) is 0 Å². The zero-order valence-corrected chi connectivity index (χ0v) is 21.2. The summed E-state index contributed by atoms with van der Waals surface area (Å²) in [7, 11) is 0. The molecule has 0 N–H and O–H groups in total. The quantitative estimate of drug-likeness (QED) is 0.196. The number of hydrogen-bond donors (Lipinski definition) is 0. The lowest BCUT2D eigenvalue weighted by Crippen LogP contribution is -2.28. The normalized spacial score (nSPS) is 16.8. The van der Waals surface area contributed by atoms with Gasteiger partial charge in [-0.25, -0.2) is 0 Å². The van der Waals surface area contributed by atoms with Crippen molar-refractivity contribution in [3.05, 3.63) is 142 Å². The van der Waals surface area contributed by atoms with E-state index in [-0.39, 0.29) is 5.41 Å². The summed E-state index contributed by atoms with van der Waals surface area (Å²) in [6, 6.07) is 42.9. The summed E-state index contributed by atoms with van der Waals surface area (Å²) in [6.45, 7) is 0. The molecule has 0 spiro atoms. The second kappa shape index (κ2) is 7.04. The number of hydrogen-bond acceptors (Lipinski definition) is 1. The maximum Gasteiger partial charge on any atom is 0.0714 e. The van der Waals surface area contributed by atoms with Crippen LogP contribution in [-0.4, -0.2) is 0 Å². The zero-order valence-electron chi connectivity index (χ0n) is 18.8. The topological polar surface area (TPSA) is 0 Å². The monoisotopic (exact) mass is 526 g/mol. The molecule has 164 valence electrons. The predicted octanol–water partition coefficient (Wildman–Crippen LogP) is 9.82. The van der Waals surface area contributed by atoms with Crippen LogP contribution in [0.15, 0.2) is 120 Å². The molecule has 1 aliphatic rings. The molecule has 1 aromatic heterocycles. The Morgan fingerprint density at radius 3 is 2.20 bits per heavy atom. The van der Waals surface area contributed by atoms with Crippen molar-refractivity contribution in [3.63, 3.8) is 0 Å². The highest BCUT2D eigenvalue weighted by Gasteiger charge is 2.45. The summed E-state index contributed by atoms with van der Waals surface area (Å²) in [6.07, 6.45) is 0. The number of fused-ring (bicyclic) bond motifs is 3. The van der Waals surface area contributed by atoms with Crippen LogP contribution in [0.5, 0.6) is 0 Å². The summed E-state index contributed by atoms with van der Waals surface area (Å²) in [5.74, 6) is 0. The Morgan fingerprint density at radius 2 is 1.29 bits per heavy atom. The van der Waals surface area contributed by atoms with E-state index in [9.17, 15) is 0 Å². The Kier molecular flexibility index (Phi) is 3.98. The lowest BCUT2D eigenvalue weighted by atomic mass is 9.67. The fraction of sp³-hybridized carbons (Fsp3) is 0.0303. The van der Waals surface area contributed by atoms with Crippen LogP contribution in [0.4, 0.5) is 0 Å². The van der Waals surface area contributed by atoms with Gasteiger partial charge in [0.2, 0.25) is 0 Å². The first-order valence-corrected chi connectivity index (χ1v) is 13.5. The molecule has 0 bridgehead atoms. The van der Waals surface area contributed by atoms with Crippen LogP contribution >= 0.6 is 27.3 Å². The summed E-state index contributed by atoms with van der Waals surface area (Å²) in [4.78, 5) is 0. The smallest absolute Gasteiger partial charge is 0.0714 e. The molecule has 0 saturated heterocycles. The van der Waals surface area contributed by atoms with E-state index < -0.39 is 0 Å². The van der Waals surface area contributed by atoms with E-state index in [1.165, 1.54) is 64.0 Å². The van der Waals surface area contributed by atoms with Crippen molar-refractivity contribution in [2.75, 3.05) is 0 Å². The van der Waals surface area contributed by atoms with Gasteiger partial charge in [0.05, 0.1) is 5.41 Å². The van der Waals surface area contributed by atoms with Crippen LogP contribution in [0.25, 0.3) is 41.7 Å². The molecule has 0 saturated carbocycles. The molecule has 0 aliphatic heterocycles. The molecular weight excluding hydrogens is 508 g/mol. The Morgan fingerprint density at radius 1 is 0.514 bits per heavy atom. The molecule has 6 aromatic carbocycles. The molecule has 1 aliphatic carbocycles. The summed E-state index contributed by atoms with van der Waals surface area (Å²) in [5.41, 5.74) is 4.99. The highest BCUT2D eigenvalue weighted by atomic mass is 79.9. The number of thiophene rings is 1. The fourth-order valence-corrected chi connectivity index (χ4v) is 8.02. The highest BCUT2D eigenvalue weighted by Crippen LogP contribution is 2.56. The van der Waals surface area contributed by atoms with Gasteiger partial charge in [0.25, 0.3) is 0 Å². The van der Waals surface area contributed by atoms with Crippen molar-refractivity contribution in [1.82, 2.24) is 0 Å². The second-order valence-electron chi connectivity index (χ2n) is 9.45. The first kappa shape index (κ1) is 19.8. The minimum Gasteiger partial charge on any atom is -0.135 e. The molecule has 1 heterocycles. The molecule has 0 amide bonds. The third-order valence-electron chi connectivity index (χ3n) is 7.75. The number of halogens is 1. The standard InChI is InChI=1S/C33H19BrS/c34-24-17-21-14-13-20-7-6-11-27-31(20)32(21)28(19-24)33(27,22-8-2-1-3-9-22)23-15-16-26-25-10-4-5-12-29(25)35-30(26)18-23/h1-19H. The van der Waals surface area contributed by atoms with Gasteiger partial charge in [-0.3, -0.25) is 0 Å². The van der Waals surface area contributed by atoms with E-state index in [2.05, 4.69) is 131 Å². The van der Waals surface area contributed by atoms with Crippen molar-refractivity contribution in [3.8, 4) is 0 Å². The zero-order chi connectivity index (χ0) is 23.1. The predicted molar refractivity (Wildman–Crippen MR) is 154 cm³/mol. The molecular formula is C33H19BrS. The van der Waals surface area contributed by atoms with Gasteiger partial charge in [-0.05, 0) is 68.1 Å². The van der Waals surface area contributed by atoms with Crippen molar-refractivity contribution in [1.29, 1.82) is 0 Å². The lowest BCUT2D eigenvalue weighted by Gasteiger charge is -2.34. The van der Waals surface area contributed by atoms with Gasteiger partial charge in [0, 0.05) is 24.6 Å². The molecule has 8 rings (SSSR count). The summed E-state index contributed by atoms with van der Waals surface area (Å²) in [5, 5.41) is 8.03. The van der Waals surface area contributed by atoms with E-state index in [1.54, 1.807) is 0 Å². The molecule has 35 heavy (non-hydrogen) atoms. The van der Waals surface area contributed by atoms with Gasteiger partial charge >= 0.3 is 0 Å². The Bertz CT molecular complexity index is 1970. The Hall–Kier alpha value is -3.46. The van der Waals surface area contributed by atoms with E-state index in [0.717, 1.165) is 4.47 Å². The minimum absolute atomic E-state index is 0.378. The number of rotatable bonds is 2. The maximum absolute atomic E-state index is 3.85.